The van der Waals surface area contributed by atoms with E-state index < -0.39 is 0 Å². The van der Waals surface area contributed by atoms with Crippen molar-refractivity contribution in [2.75, 3.05) is 13.6 Å². The van der Waals surface area contributed by atoms with Crippen molar-refractivity contribution in [3.8, 4) is 5.75 Å². The maximum absolute atomic E-state index is 9.80. The minimum Gasteiger partial charge on any atom is -0.506 e. The molecule has 90 valence electrons. The summed E-state index contributed by atoms with van der Waals surface area (Å²) >= 11 is 3.29. The second-order valence-electron chi connectivity index (χ2n) is 4.12. The first kappa shape index (κ1) is 13.5. The van der Waals surface area contributed by atoms with Crippen molar-refractivity contribution < 1.29 is 10.2 Å². The van der Waals surface area contributed by atoms with Crippen LogP contribution in [0.5, 0.6) is 5.75 Å². The van der Waals surface area contributed by atoms with Gasteiger partial charge < -0.3 is 15.1 Å². The molecule has 0 aliphatic rings. The number of benzene rings is 1. The van der Waals surface area contributed by atoms with Gasteiger partial charge in [-0.25, -0.2) is 0 Å². The van der Waals surface area contributed by atoms with E-state index in [0.29, 0.717) is 16.8 Å². The average Bonchev–Trinajstić information content (AvgIpc) is 2.22. The van der Waals surface area contributed by atoms with Crippen LogP contribution in [-0.4, -0.2) is 34.8 Å². The Morgan fingerprint density at radius 1 is 1.44 bits per heavy atom. The van der Waals surface area contributed by atoms with Crippen LogP contribution in [0.4, 0.5) is 0 Å². The lowest BCUT2D eigenvalue weighted by molar-refractivity contribution is 0.162. The van der Waals surface area contributed by atoms with Gasteiger partial charge in [-0.3, -0.25) is 0 Å². The van der Waals surface area contributed by atoms with Gasteiger partial charge in [-0.15, -0.1) is 0 Å². The first-order chi connectivity index (χ1) is 7.50. The average molecular weight is 288 g/mol. The fourth-order valence-electron chi connectivity index (χ4n) is 1.46. The van der Waals surface area contributed by atoms with Gasteiger partial charge >= 0.3 is 0 Å². The summed E-state index contributed by atoms with van der Waals surface area (Å²) < 4.78 is 0.717. The zero-order valence-corrected chi connectivity index (χ0v) is 11.2. The lowest BCUT2D eigenvalue weighted by atomic mass is 10.2. The molecular weight excluding hydrogens is 270 g/mol. The number of nitrogens with zero attached hydrogens (tertiary/aromatic N) is 1. The number of aliphatic hydroxyl groups is 1. The Bertz CT molecular complexity index is 342. The Morgan fingerprint density at radius 3 is 2.75 bits per heavy atom. The normalized spacial score (nSPS) is 13.1. The van der Waals surface area contributed by atoms with Gasteiger partial charge in [0.25, 0.3) is 0 Å². The van der Waals surface area contributed by atoms with Crippen LogP contribution in [-0.2, 0) is 6.54 Å². The van der Waals surface area contributed by atoms with E-state index in [0.717, 1.165) is 18.5 Å². The number of hydrogen-bond acceptors (Lipinski definition) is 3. The third kappa shape index (κ3) is 4.12. The number of halogens is 1. The Hall–Kier alpha value is -0.580. The lowest BCUT2D eigenvalue weighted by Crippen LogP contribution is -2.22. The number of aromatic hydroxyl groups is 1. The van der Waals surface area contributed by atoms with Crippen molar-refractivity contribution in [1.82, 2.24) is 4.90 Å². The quantitative estimate of drug-likeness (QED) is 0.874. The predicted octanol–water partition coefficient (Wildman–Crippen LogP) is 2.36. The van der Waals surface area contributed by atoms with Crippen molar-refractivity contribution in [3.63, 3.8) is 0 Å². The topological polar surface area (TPSA) is 43.7 Å². The maximum Gasteiger partial charge on any atom is 0.134 e. The number of rotatable bonds is 5. The number of phenols is 1. The smallest absolute Gasteiger partial charge is 0.134 e. The Balaban J connectivity index is 2.56. The first-order valence-electron chi connectivity index (χ1n) is 5.33. The summed E-state index contributed by atoms with van der Waals surface area (Å²) in [4.78, 5) is 2.08. The second-order valence-corrected chi connectivity index (χ2v) is 4.98. The minimum absolute atomic E-state index is 0.279. The van der Waals surface area contributed by atoms with Crippen molar-refractivity contribution in [1.29, 1.82) is 0 Å². The molecule has 0 aliphatic carbocycles. The van der Waals surface area contributed by atoms with Gasteiger partial charge in [0.15, 0.2) is 0 Å². The molecule has 0 amide bonds. The molecule has 16 heavy (non-hydrogen) atoms. The van der Waals surface area contributed by atoms with Crippen LogP contribution in [0.3, 0.4) is 0 Å². The molecule has 1 aromatic rings. The SMILES string of the molecule is CC(O)CCN(C)Cc1cccc(Br)c1O. The molecule has 1 aromatic carbocycles. The molecular formula is C12H18BrNO2. The van der Waals surface area contributed by atoms with Gasteiger partial charge in [-0.2, -0.15) is 0 Å². The molecule has 0 aliphatic heterocycles. The highest BCUT2D eigenvalue weighted by atomic mass is 79.9. The standard InChI is InChI=1S/C12H18BrNO2/c1-9(15)6-7-14(2)8-10-4-3-5-11(13)12(10)16/h3-5,9,15-16H,6-8H2,1-2H3. The van der Waals surface area contributed by atoms with Crippen molar-refractivity contribution >= 4 is 15.9 Å². The van der Waals surface area contributed by atoms with Crippen LogP contribution in [0.1, 0.15) is 18.9 Å². The van der Waals surface area contributed by atoms with E-state index in [-0.39, 0.29) is 6.10 Å². The van der Waals surface area contributed by atoms with Crippen LogP contribution in [0.2, 0.25) is 0 Å². The summed E-state index contributed by atoms with van der Waals surface area (Å²) in [6.45, 7) is 3.27. The van der Waals surface area contributed by atoms with E-state index in [1.54, 1.807) is 6.92 Å². The van der Waals surface area contributed by atoms with Crippen LogP contribution >= 0.6 is 15.9 Å². The fourth-order valence-corrected chi connectivity index (χ4v) is 1.87. The molecule has 0 aromatic heterocycles. The van der Waals surface area contributed by atoms with Gasteiger partial charge in [-0.05, 0) is 42.4 Å². The molecule has 0 heterocycles. The van der Waals surface area contributed by atoms with Gasteiger partial charge in [0.1, 0.15) is 5.75 Å². The van der Waals surface area contributed by atoms with Gasteiger partial charge in [0, 0.05) is 18.7 Å². The van der Waals surface area contributed by atoms with E-state index in [9.17, 15) is 10.2 Å². The van der Waals surface area contributed by atoms with E-state index in [2.05, 4.69) is 20.8 Å². The number of para-hydroxylation sites is 1. The molecule has 0 saturated carbocycles. The number of phenolic OH excluding ortho intramolecular Hbond substituents is 1. The molecule has 0 saturated heterocycles. The van der Waals surface area contributed by atoms with Crippen LogP contribution in [0, 0.1) is 0 Å². The van der Waals surface area contributed by atoms with E-state index in [4.69, 9.17) is 0 Å². The van der Waals surface area contributed by atoms with E-state index >= 15 is 0 Å². The van der Waals surface area contributed by atoms with E-state index in [1.807, 2.05) is 25.2 Å². The zero-order valence-electron chi connectivity index (χ0n) is 9.65. The molecule has 0 bridgehead atoms. The molecule has 0 radical (unpaired) electrons. The Labute approximate surface area is 105 Å². The predicted molar refractivity (Wildman–Crippen MR) is 68.4 cm³/mol. The third-order valence-corrected chi connectivity index (χ3v) is 3.08. The Morgan fingerprint density at radius 2 is 2.12 bits per heavy atom. The van der Waals surface area contributed by atoms with Gasteiger partial charge in [0.2, 0.25) is 0 Å². The highest BCUT2D eigenvalue weighted by molar-refractivity contribution is 9.10. The van der Waals surface area contributed by atoms with Gasteiger partial charge in [-0.1, -0.05) is 12.1 Å². The Kier molecular flexibility index (Phi) is 5.25. The first-order valence-corrected chi connectivity index (χ1v) is 6.13. The fraction of sp³-hybridized carbons (Fsp3) is 0.500. The molecule has 0 spiro atoms. The summed E-state index contributed by atoms with van der Waals surface area (Å²) in [5.41, 5.74) is 0.891. The van der Waals surface area contributed by atoms with Crippen molar-refractivity contribution in [2.24, 2.45) is 0 Å². The van der Waals surface area contributed by atoms with Crippen LogP contribution in [0.15, 0.2) is 22.7 Å². The van der Waals surface area contributed by atoms with Crippen molar-refractivity contribution in [2.45, 2.75) is 26.0 Å². The summed E-state index contributed by atoms with van der Waals surface area (Å²) in [6.07, 6.45) is 0.462. The molecule has 0 fully saturated rings. The summed E-state index contributed by atoms with van der Waals surface area (Å²) in [7, 11) is 1.97. The van der Waals surface area contributed by atoms with Crippen LogP contribution in [0.25, 0.3) is 0 Å². The highest BCUT2D eigenvalue weighted by Crippen LogP contribution is 2.28. The third-order valence-electron chi connectivity index (χ3n) is 2.44. The molecule has 1 atom stereocenters. The second kappa shape index (κ2) is 6.23. The molecule has 4 heteroatoms. The van der Waals surface area contributed by atoms with Crippen molar-refractivity contribution in [3.05, 3.63) is 28.2 Å². The maximum atomic E-state index is 9.80. The highest BCUT2D eigenvalue weighted by Gasteiger charge is 2.08. The monoisotopic (exact) mass is 287 g/mol. The number of hydrogen-bond donors (Lipinski definition) is 2. The largest absolute Gasteiger partial charge is 0.506 e. The van der Waals surface area contributed by atoms with Crippen LogP contribution < -0.4 is 0 Å². The molecule has 1 rings (SSSR count). The zero-order chi connectivity index (χ0) is 12.1. The van der Waals surface area contributed by atoms with Gasteiger partial charge in [0.05, 0.1) is 10.6 Å². The summed E-state index contributed by atoms with van der Waals surface area (Å²) in [5, 5.41) is 19.0. The molecule has 2 N–H and O–H groups in total. The number of aliphatic hydroxyl groups excluding tert-OH is 1. The summed E-state index contributed by atoms with van der Waals surface area (Å²) in [6, 6.07) is 5.62. The molecule has 3 nitrogen and oxygen atoms in total. The minimum atomic E-state index is -0.279. The molecule has 1 unspecified atom stereocenters. The lowest BCUT2D eigenvalue weighted by Gasteiger charge is -2.18. The van der Waals surface area contributed by atoms with E-state index in [1.165, 1.54) is 0 Å². The summed E-state index contributed by atoms with van der Waals surface area (Å²) in [5.74, 6) is 0.298.